The first-order chi connectivity index (χ1) is 10.3. The molecule has 1 aromatic carbocycles. The van der Waals surface area contributed by atoms with Crippen molar-refractivity contribution in [2.45, 2.75) is 13.3 Å². The molecule has 104 valence electrons. The maximum atomic E-state index is 12.2. The Hall–Kier alpha value is -3.10. The number of hydrogen-bond acceptors (Lipinski definition) is 6. The van der Waals surface area contributed by atoms with Gasteiger partial charge in [0.25, 0.3) is 0 Å². The third kappa shape index (κ3) is 1.64. The van der Waals surface area contributed by atoms with Crippen LogP contribution in [0.1, 0.15) is 12.5 Å². The molecule has 0 atom stereocenters. The van der Waals surface area contributed by atoms with Crippen molar-refractivity contribution in [1.82, 2.24) is 40.2 Å². The zero-order chi connectivity index (χ0) is 14.4. The first-order valence-corrected chi connectivity index (χ1v) is 6.42. The van der Waals surface area contributed by atoms with E-state index in [1.54, 1.807) is 0 Å². The molecule has 0 unspecified atom stereocenters. The summed E-state index contributed by atoms with van der Waals surface area (Å²) in [6, 6.07) is 5.77. The summed E-state index contributed by atoms with van der Waals surface area (Å²) in [5, 5.41) is 17.0. The van der Waals surface area contributed by atoms with Crippen molar-refractivity contribution >= 4 is 16.6 Å². The van der Waals surface area contributed by atoms with Crippen LogP contribution in [0.5, 0.6) is 0 Å². The van der Waals surface area contributed by atoms with Crippen molar-refractivity contribution in [1.29, 1.82) is 0 Å². The molecule has 0 fully saturated rings. The highest BCUT2D eigenvalue weighted by Gasteiger charge is 2.14. The summed E-state index contributed by atoms with van der Waals surface area (Å²) in [7, 11) is 0. The fraction of sp³-hybridized carbons (Fsp3) is 0.167. The summed E-state index contributed by atoms with van der Waals surface area (Å²) in [5.74, 6) is 0.742. The summed E-state index contributed by atoms with van der Waals surface area (Å²) >= 11 is 0. The number of H-pyrrole nitrogens is 2. The van der Waals surface area contributed by atoms with Crippen LogP contribution in [0.2, 0.25) is 0 Å². The molecule has 0 aliphatic carbocycles. The number of fused-ring (bicyclic) bond motifs is 3. The van der Waals surface area contributed by atoms with Crippen molar-refractivity contribution in [2.24, 2.45) is 0 Å². The van der Waals surface area contributed by atoms with Gasteiger partial charge >= 0.3 is 5.69 Å². The lowest BCUT2D eigenvalue weighted by Crippen LogP contribution is -2.18. The topological polar surface area (TPSA) is 118 Å². The summed E-state index contributed by atoms with van der Waals surface area (Å²) in [5.41, 5.74) is 1.79. The molecule has 0 aliphatic rings. The minimum Gasteiger partial charge on any atom is -0.268 e. The number of para-hydroxylation sites is 1. The van der Waals surface area contributed by atoms with Gasteiger partial charge in [-0.05, 0) is 28.5 Å². The average Bonchev–Trinajstić information content (AvgIpc) is 3.16. The van der Waals surface area contributed by atoms with Crippen LogP contribution in [0.3, 0.4) is 0 Å². The van der Waals surface area contributed by atoms with Gasteiger partial charge in [0.1, 0.15) is 0 Å². The molecule has 0 bridgehead atoms. The smallest absolute Gasteiger partial charge is 0.268 e. The van der Waals surface area contributed by atoms with Crippen LogP contribution in [0.4, 0.5) is 0 Å². The number of aryl methyl sites for hydroxylation is 1. The van der Waals surface area contributed by atoms with Crippen molar-refractivity contribution < 1.29 is 0 Å². The molecule has 4 rings (SSSR count). The fourth-order valence-electron chi connectivity index (χ4n) is 2.36. The second-order valence-corrected chi connectivity index (χ2v) is 4.54. The number of benzene rings is 1. The molecule has 0 saturated carbocycles. The van der Waals surface area contributed by atoms with E-state index < -0.39 is 5.69 Å². The first-order valence-electron chi connectivity index (χ1n) is 6.42. The molecule has 3 aromatic heterocycles. The van der Waals surface area contributed by atoms with Crippen molar-refractivity contribution in [3.8, 4) is 11.6 Å². The van der Waals surface area contributed by atoms with Gasteiger partial charge in [0.15, 0.2) is 11.5 Å². The Bertz CT molecular complexity index is 997. The number of hydrogen-bond donors (Lipinski definition) is 2. The molecular weight excluding hydrogens is 272 g/mol. The van der Waals surface area contributed by atoms with E-state index in [2.05, 4.69) is 35.7 Å². The van der Waals surface area contributed by atoms with Crippen LogP contribution in [-0.2, 0) is 6.42 Å². The normalized spacial score (nSPS) is 11.5. The van der Waals surface area contributed by atoms with Gasteiger partial charge in [-0.3, -0.25) is 5.10 Å². The summed E-state index contributed by atoms with van der Waals surface area (Å²) in [4.78, 5) is 20.7. The van der Waals surface area contributed by atoms with E-state index in [1.807, 2.05) is 25.1 Å². The van der Waals surface area contributed by atoms with Crippen molar-refractivity contribution in [2.75, 3.05) is 0 Å². The van der Waals surface area contributed by atoms with E-state index in [0.717, 1.165) is 17.4 Å². The Morgan fingerprint density at radius 1 is 1.24 bits per heavy atom. The molecule has 0 amide bonds. The molecule has 2 N–H and O–H groups in total. The molecular formula is C12H10N8O. The van der Waals surface area contributed by atoms with E-state index in [1.165, 1.54) is 4.52 Å². The van der Waals surface area contributed by atoms with Crippen molar-refractivity contribution in [3.05, 3.63) is 34.2 Å². The van der Waals surface area contributed by atoms with Gasteiger partial charge in [0.2, 0.25) is 5.82 Å². The minimum absolute atomic E-state index is 0.359. The van der Waals surface area contributed by atoms with E-state index in [-0.39, 0.29) is 0 Å². The molecule has 9 nitrogen and oxygen atoms in total. The Balaban J connectivity index is 2.13. The summed E-state index contributed by atoms with van der Waals surface area (Å²) in [6.45, 7) is 2.02. The van der Waals surface area contributed by atoms with E-state index in [0.29, 0.717) is 22.8 Å². The van der Waals surface area contributed by atoms with Crippen LogP contribution in [0.25, 0.3) is 28.2 Å². The lowest BCUT2D eigenvalue weighted by Gasteiger charge is -2.02. The summed E-state index contributed by atoms with van der Waals surface area (Å²) in [6.07, 6.45) is 0.795. The largest absolute Gasteiger partial charge is 0.369 e. The maximum absolute atomic E-state index is 12.2. The van der Waals surface area contributed by atoms with Gasteiger partial charge in [0.05, 0.1) is 5.52 Å². The van der Waals surface area contributed by atoms with Gasteiger partial charge in [-0.2, -0.15) is 9.50 Å². The number of aromatic nitrogens is 8. The predicted octanol–water partition coefficient (Wildman–Crippen LogP) is 0.313. The SMILES string of the molecule is CCc1cccc2c1nc(=O)n1[nH]c(-c3nnn[nH]3)nc21. The maximum Gasteiger partial charge on any atom is 0.369 e. The molecule has 0 saturated heterocycles. The Kier molecular flexibility index (Phi) is 2.34. The molecule has 0 spiro atoms. The van der Waals surface area contributed by atoms with Crippen molar-refractivity contribution in [3.63, 3.8) is 0 Å². The number of aromatic amines is 2. The van der Waals surface area contributed by atoms with E-state index in [9.17, 15) is 4.79 Å². The highest BCUT2D eigenvalue weighted by atomic mass is 16.1. The highest BCUT2D eigenvalue weighted by Crippen LogP contribution is 2.20. The lowest BCUT2D eigenvalue weighted by atomic mass is 10.1. The standard InChI is InChI=1S/C12H10N8O/c1-2-6-4-3-5-7-8(6)13-12(21)20-11(7)14-9(17-20)10-15-18-19-16-10/h3-5H,2H2,1H3,(H,14,17)(H,15,16,18,19). The lowest BCUT2D eigenvalue weighted by molar-refractivity contribution is 0.879. The minimum atomic E-state index is -0.412. The molecule has 4 aromatic rings. The quantitative estimate of drug-likeness (QED) is 0.546. The second kappa shape index (κ2) is 4.20. The van der Waals surface area contributed by atoms with Crippen LogP contribution in [0.15, 0.2) is 23.0 Å². The number of tetrazole rings is 1. The van der Waals surface area contributed by atoms with Gasteiger partial charge in [-0.15, -0.1) is 5.10 Å². The van der Waals surface area contributed by atoms with Gasteiger partial charge in [0, 0.05) is 5.39 Å². The summed E-state index contributed by atoms with van der Waals surface area (Å²) < 4.78 is 1.29. The zero-order valence-electron chi connectivity index (χ0n) is 11.0. The zero-order valence-corrected chi connectivity index (χ0v) is 11.0. The Morgan fingerprint density at radius 3 is 2.90 bits per heavy atom. The van der Waals surface area contributed by atoms with Crippen LogP contribution < -0.4 is 5.69 Å². The molecule has 9 heteroatoms. The van der Waals surface area contributed by atoms with Gasteiger partial charge in [-0.1, -0.05) is 19.1 Å². The molecule has 0 radical (unpaired) electrons. The van der Waals surface area contributed by atoms with Gasteiger partial charge < -0.3 is 0 Å². The van der Waals surface area contributed by atoms with E-state index in [4.69, 9.17) is 0 Å². The second-order valence-electron chi connectivity index (χ2n) is 4.54. The third-order valence-electron chi connectivity index (χ3n) is 3.36. The van der Waals surface area contributed by atoms with E-state index >= 15 is 0 Å². The molecule has 3 heterocycles. The third-order valence-corrected chi connectivity index (χ3v) is 3.36. The Morgan fingerprint density at radius 2 is 2.14 bits per heavy atom. The predicted molar refractivity (Wildman–Crippen MR) is 73.7 cm³/mol. The first kappa shape index (κ1) is 11.7. The number of rotatable bonds is 2. The number of nitrogens with one attached hydrogen (secondary N) is 2. The number of nitrogens with zero attached hydrogens (tertiary/aromatic N) is 6. The monoisotopic (exact) mass is 282 g/mol. The Labute approximate surface area is 117 Å². The van der Waals surface area contributed by atoms with Crippen LogP contribution in [0, 0.1) is 0 Å². The highest BCUT2D eigenvalue weighted by molar-refractivity contribution is 5.93. The van der Waals surface area contributed by atoms with Gasteiger partial charge in [-0.25, -0.2) is 14.9 Å². The van der Waals surface area contributed by atoms with Crippen LogP contribution >= 0.6 is 0 Å². The fourth-order valence-corrected chi connectivity index (χ4v) is 2.36. The molecule has 0 aliphatic heterocycles. The average molecular weight is 282 g/mol. The molecule has 21 heavy (non-hydrogen) atoms. The van der Waals surface area contributed by atoms with Crippen LogP contribution in [-0.4, -0.2) is 40.2 Å².